The molecule has 12 heteroatoms. The number of sulfonamides is 1. The number of hydrazone groups is 1. The number of benzene rings is 3. The van der Waals surface area contributed by atoms with Gasteiger partial charge < -0.3 is 4.57 Å². The second-order valence-electron chi connectivity index (χ2n) is 10.2. The van der Waals surface area contributed by atoms with Crippen LogP contribution in [0.4, 0.5) is 5.69 Å². The van der Waals surface area contributed by atoms with E-state index in [1.807, 2.05) is 50.2 Å². The molecule has 0 fully saturated rings. The van der Waals surface area contributed by atoms with E-state index < -0.39 is 28.0 Å². The maximum atomic E-state index is 13.9. The first-order valence-corrected chi connectivity index (χ1v) is 15.9. The lowest BCUT2D eigenvalue weighted by atomic mass is 10.2. The quantitative estimate of drug-likeness (QED) is 0.175. The Hall–Kier alpha value is -4.68. The van der Waals surface area contributed by atoms with Crippen molar-refractivity contribution in [2.75, 3.05) is 10.8 Å². The molecule has 226 valence electrons. The van der Waals surface area contributed by atoms with Crippen molar-refractivity contribution >= 4 is 43.8 Å². The molecule has 1 amide bonds. The van der Waals surface area contributed by atoms with E-state index in [1.54, 1.807) is 61.1 Å². The first-order chi connectivity index (χ1) is 21.0. The van der Waals surface area contributed by atoms with Crippen molar-refractivity contribution in [2.45, 2.75) is 25.7 Å². The monoisotopic (exact) mass is 674 g/mol. The molecule has 1 N–H and O–H groups in total. The summed E-state index contributed by atoms with van der Waals surface area (Å²) < 4.78 is 34.6. The van der Waals surface area contributed by atoms with Crippen molar-refractivity contribution in [1.82, 2.24) is 19.4 Å². The fourth-order valence-corrected chi connectivity index (χ4v) is 7.00. The van der Waals surface area contributed by atoms with Crippen LogP contribution in [0.2, 0.25) is 0 Å². The largest absolute Gasteiger partial charge is 0.318 e. The maximum Gasteiger partial charge on any atom is 0.296 e. The van der Waals surface area contributed by atoms with Gasteiger partial charge in [0, 0.05) is 34.2 Å². The van der Waals surface area contributed by atoms with Gasteiger partial charge in [-0.15, -0.1) is 0 Å². The molecule has 0 radical (unpaired) electrons. The zero-order chi connectivity index (χ0) is 31.6. The molecule has 2 aromatic heterocycles. The Labute approximate surface area is 264 Å². The first kappa shape index (κ1) is 30.8. The van der Waals surface area contributed by atoms with E-state index in [0.29, 0.717) is 11.4 Å². The number of anilines is 1. The summed E-state index contributed by atoms with van der Waals surface area (Å²) in [4.78, 5) is 27.0. The Morgan fingerprint density at radius 3 is 2.20 bits per heavy atom. The number of aromatic nitrogens is 3. The minimum Gasteiger partial charge on any atom is -0.318 e. The third-order valence-corrected chi connectivity index (χ3v) is 9.57. The van der Waals surface area contributed by atoms with Gasteiger partial charge in [-0.2, -0.15) is 5.10 Å². The molecule has 0 aliphatic rings. The predicted molar refractivity (Wildman–Crippen MR) is 175 cm³/mol. The highest BCUT2D eigenvalue weighted by Crippen LogP contribution is 2.26. The summed E-state index contributed by atoms with van der Waals surface area (Å²) in [5.41, 5.74) is 6.30. The Kier molecular flexibility index (Phi) is 8.75. The van der Waals surface area contributed by atoms with Crippen LogP contribution in [0.25, 0.3) is 11.4 Å². The Morgan fingerprint density at radius 1 is 0.909 bits per heavy atom. The molecule has 0 aliphatic heterocycles. The molecule has 0 saturated carbocycles. The highest BCUT2D eigenvalue weighted by molar-refractivity contribution is 9.10. The van der Waals surface area contributed by atoms with Crippen molar-refractivity contribution in [3.05, 3.63) is 128 Å². The molecule has 5 aromatic rings. The van der Waals surface area contributed by atoms with Gasteiger partial charge >= 0.3 is 0 Å². The van der Waals surface area contributed by atoms with Crippen molar-refractivity contribution in [2.24, 2.45) is 12.1 Å². The van der Waals surface area contributed by atoms with Crippen molar-refractivity contribution in [1.29, 1.82) is 0 Å². The summed E-state index contributed by atoms with van der Waals surface area (Å²) in [6, 6.07) is 26.4. The third-order valence-electron chi connectivity index (χ3n) is 7.32. The molecule has 2 heterocycles. The van der Waals surface area contributed by atoms with Crippen molar-refractivity contribution in [3.63, 3.8) is 0 Å². The van der Waals surface area contributed by atoms with E-state index >= 15 is 0 Å². The van der Waals surface area contributed by atoms with Crippen LogP contribution in [0.1, 0.15) is 22.6 Å². The van der Waals surface area contributed by atoms with Gasteiger partial charge in [0.2, 0.25) is 0 Å². The molecule has 0 spiro atoms. The molecule has 44 heavy (non-hydrogen) atoms. The standard InChI is InChI=1S/C32H31BrN6O4S/c1-22-18-25(23(2)38(22)28-15-11-12-26(33)19-28)20-34-35-30(40)21-37(44(42,43)29-16-9-6-10-17-29)31-24(3)36(4)39(32(31)41)27-13-7-5-8-14-27/h5-20H,21H2,1-4H3,(H,35,40)/b34-20-. The molecule has 0 aliphatic carbocycles. The number of halogens is 1. The lowest BCUT2D eigenvalue weighted by molar-refractivity contribution is -0.119. The van der Waals surface area contributed by atoms with Crippen LogP contribution in [0.5, 0.6) is 0 Å². The van der Waals surface area contributed by atoms with Crippen LogP contribution < -0.4 is 15.3 Å². The number of aryl methyl sites for hydroxylation is 1. The molecular weight excluding hydrogens is 644 g/mol. The molecule has 0 atom stereocenters. The number of nitrogens with zero attached hydrogens (tertiary/aromatic N) is 5. The highest BCUT2D eigenvalue weighted by atomic mass is 79.9. The fourth-order valence-electron chi connectivity index (χ4n) is 5.12. The van der Waals surface area contributed by atoms with Crippen LogP contribution in [0, 0.1) is 20.8 Å². The van der Waals surface area contributed by atoms with Crippen LogP contribution in [-0.4, -0.2) is 41.0 Å². The van der Waals surface area contributed by atoms with Crippen LogP contribution in [0.3, 0.4) is 0 Å². The number of hydrogen-bond acceptors (Lipinski definition) is 5. The van der Waals surface area contributed by atoms with E-state index in [9.17, 15) is 18.0 Å². The average molecular weight is 676 g/mol. The van der Waals surface area contributed by atoms with Gasteiger partial charge in [-0.05, 0) is 69.3 Å². The lowest BCUT2D eigenvalue weighted by Crippen LogP contribution is -2.42. The van der Waals surface area contributed by atoms with Crippen LogP contribution in [0.15, 0.2) is 110 Å². The van der Waals surface area contributed by atoms with Gasteiger partial charge in [-0.1, -0.05) is 58.4 Å². The number of amides is 1. The van der Waals surface area contributed by atoms with Crippen LogP contribution >= 0.6 is 15.9 Å². The number of carbonyl (C=O) groups is 1. The van der Waals surface area contributed by atoms with Gasteiger partial charge in [0.1, 0.15) is 12.2 Å². The van der Waals surface area contributed by atoms with Gasteiger partial charge in [0.15, 0.2) is 0 Å². The summed E-state index contributed by atoms with van der Waals surface area (Å²) in [6.45, 7) is 4.89. The molecule has 0 saturated heterocycles. The molecule has 10 nitrogen and oxygen atoms in total. The summed E-state index contributed by atoms with van der Waals surface area (Å²) in [5, 5.41) is 4.13. The maximum absolute atomic E-state index is 13.9. The Morgan fingerprint density at radius 2 is 1.55 bits per heavy atom. The summed E-state index contributed by atoms with van der Waals surface area (Å²) in [6.07, 6.45) is 1.51. The number of carbonyl (C=O) groups excluding carboxylic acids is 1. The van der Waals surface area contributed by atoms with Crippen molar-refractivity contribution in [3.8, 4) is 11.4 Å². The minimum atomic E-state index is -4.31. The van der Waals surface area contributed by atoms with E-state index in [-0.39, 0.29) is 10.6 Å². The minimum absolute atomic E-state index is 0.0507. The molecular formula is C32H31BrN6O4S. The van der Waals surface area contributed by atoms with Gasteiger partial charge in [0.05, 0.1) is 22.5 Å². The Balaban J connectivity index is 1.47. The number of para-hydroxylation sites is 1. The average Bonchev–Trinajstić information content (AvgIpc) is 3.41. The zero-order valence-corrected chi connectivity index (χ0v) is 27.0. The second-order valence-corrected chi connectivity index (χ2v) is 12.9. The highest BCUT2D eigenvalue weighted by Gasteiger charge is 2.33. The third kappa shape index (κ3) is 5.90. The van der Waals surface area contributed by atoms with E-state index in [1.165, 1.54) is 23.0 Å². The van der Waals surface area contributed by atoms with Gasteiger partial charge in [-0.25, -0.2) is 22.8 Å². The summed E-state index contributed by atoms with van der Waals surface area (Å²) in [7, 11) is -2.65. The van der Waals surface area contributed by atoms with Gasteiger partial charge in [-0.3, -0.25) is 14.3 Å². The lowest BCUT2D eigenvalue weighted by Gasteiger charge is -2.22. The predicted octanol–water partition coefficient (Wildman–Crippen LogP) is 5.00. The fraction of sp³-hybridized carbons (Fsp3) is 0.156. The van der Waals surface area contributed by atoms with E-state index in [0.717, 1.165) is 31.4 Å². The second kappa shape index (κ2) is 12.5. The van der Waals surface area contributed by atoms with Crippen LogP contribution in [-0.2, 0) is 21.9 Å². The number of rotatable bonds is 9. The smallest absolute Gasteiger partial charge is 0.296 e. The SMILES string of the molecule is Cc1cc(/C=N\NC(=O)CN(c2c(C)n(C)n(-c3ccccc3)c2=O)S(=O)(=O)c2ccccc2)c(C)n1-c1cccc(Br)c1. The van der Waals surface area contributed by atoms with Gasteiger partial charge in [0.25, 0.3) is 21.5 Å². The topological polar surface area (TPSA) is 111 Å². The molecule has 5 rings (SSSR count). The normalized spacial score (nSPS) is 11.7. The molecule has 3 aromatic carbocycles. The molecule has 0 bridgehead atoms. The summed E-state index contributed by atoms with van der Waals surface area (Å²) in [5.74, 6) is -0.713. The Bertz CT molecular complexity index is 2030. The zero-order valence-electron chi connectivity index (χ0n) is 24.6. The van der Waals surface area contributed by atoms with E-state index in [2.05, 4.69) is 31.0 Å². The van der Waals surface area contributed by atoms with E-state index in [4.69, 9.17) is 0 Å². The number of hydrogen-bond donors (Lipinski definition) is 1. The summed E-state index contributed by atoms with van der Waals surface area (Å²) >= 11 is 3.51. The van der Waals surface area contributed by atoms with Crippen molar-refractivity contribution < 1.29 is 13.2 Å². The molecule has 0 unspecified atom stereocenters. The number of nitrogens with one attached hydrogen (secondary N) is 1. The first-order valence-electron chi connectivity index (χ1n) is 13.7.